The van der Waals surface area contributed by atoms with Crippen molar-refractivity contribution in [3.8, 4) is 5.00 Å². The average Bonchev–Trinajstić information content (AvgIpc) is 3.40. The van der Waals surface area contributed by atoms with Crippen LogP contribution in [-0.4, -0.2) is 15.5 Å². The van der Waals surface area contributed by atoms with Gasteiger partial charge in [-0.25, -0.2) is 13.6 Å². The zero-order chi connectivity index (χ0) is 24.1. The molecule has 4 nitrogen and oxygen atoms in total. The van der Waals surface area contributed by atoms with Crippen molar-refractivity contribution in [3.05, 3.63) is 105 Å². The Balaban J connectivity index is 1.52. The van der Waals surface area contributed by atoms with E-state index in [2.05, 4.69) is 9.88 Å². The molecule has 0 fully saturated rings. The van der Waals surface area contributed by atoms with Crippen LogP contribution >= 0.6 is 11.3 Å². The van der Waals surface area contributed by atoms with Gasteiger partial charge in [-0.1, -0.05) is 12.1 Å². The number of amides is 2. The first-order valence-electron chi connectivity index (χ1n) is 11.9. The third-order valence-electron chi connectivity index (χ3n) is 6.91. The predicted molar refractivity (Wildman–Crippen MR) is 134 cm³/mol. The van der Waals surface area contributed by atoms with Crippen molar-refractivity contribution < 1.29 is 13.6 Å². The summed E-state index contributed by atoms with van der Waals surface area (Å²) < 4.78 is 30.8. The molecule has 1 aliphatic heterocycles. The van der Waals surface area contributed by atoms with Crippen molar-refractivity contribution >= 4 is 23.1 Å². The lowest BCUT2D eigenvalue weighted by atomic mass is 9.95. The van der Waals surface area contributed by atoms with Gasteiger partial charge in [0.25, 0.3) is 0 Å². The lowest BCUT2D eigenvalue weighted by Crippen LogP contribution is -2.38. The van der Waals surface area contributed by atoms with Crippen molar-refractivity contribution in [2.75, 3.05) is 5.32 Å². The van der Waals surface area contributed by atoms with E-state index < -0.39 is 17.7 Å². The molecule has 2 aliphatic rings. The Bertz CT molecular complexity index is 1420. The van der Waals surface area contributed by atoms with Gasteiger partial charge >= 0.3 is 6.03 Å². The molecule has 0 bridgehead atoms. The number of benzene rings is 2. The monoisotopic (exact) mass is 489 g/mol. The van der Waals surface area contributed by atoms with Gasteiger partial charge in [0.1, 0.15) is 22.7 Å². The molecule has 2 aromatic carbocycles. The number of carbonyl (C=O) groups is 1. The molecule has 3 heterocycles. The summed E-state index contributed by atoms with van der Waals surface area (Å²) in [4.78, 5) is 16.9. The van der Waals surface area contributed by atoms with Gasteiger partial charge in [0.05, 0.1) is 12.2 Å². The summed E-state index contributed by atoms with van der Waals surface area (Å²) in [6.45, 7) is 2.33. The molecule has 178 valence electrons. The number of hydrogen-bond donors (Lipinski definition) is 1. The Morgan fingerprint density at radius 1 is 1.00 bits per heavy atom. The van der Waals surface area contributed by atoms with Crippen molar-refractivity contribution in [2.24, 2.45) is 0 Å². The highest BCUT2D eigenvalue weighted by Crippen LogP contribution is 2.44. The van der Waals surface area contributed by atoms with Crippen LogP contribution in [0.25, 0.3) is 5.00 Å². The lowest BCUT2D eigenvalue weighted by Gasteiger charge is -2.31. The minimum absolute atomic E-state index is 0.304. The number of halogens is 2. The second-order valence-electron chi connectivity index (χ2n) is 9.33. The number of hydrogen-bond acceptors (Lipinski definition) is 2. The molecule has 0 radical (unpaired) electrons. The minimum Gasteiger partial charge on any atom is -0.310 e. The normalized spacial score (nSPS) is 16.8. The smallest absolute Gasteiger partial charge is 0.310 e. The first-order chi connectivity index (χ1) is 17.0. The highest BCUT2D eigenvalue weighted by atomic mass is 32.1. The maximum absolute atomic E-state index is 14.4. The molecule has 2 amide bonds. The number of anilines is 1. The Kier molecular flexibility index (Phi) is 5.44. The summed E-state index contributed by atoms with van der Waals surface area (Å²) in [5.74, 6) is -1.32. The maximum atomic E-state index is 14.4. The standard InChI is InChI=1S/C28H25F2N3OS/c1-17-6-4-7-21(12-17)31-28(34)33-16-23-22-8-2-3-10-25(22)35-27(23)32-11-5-9-24(32)26(33)18-13-19(29)15-20(30)14-18/h4-7,9,11-15,26H,2-3,8,10,16H2,1H3,(H,31,34)/t26-/m0/s1. The van der Waals surface area contributed by atoms with Crippen LogP contribution in [0.2, 0.25) is 0 Å². The van der Waals surface area contributed by atoms with E-state index in [1.54, 1.807) is 16.2 Å². The number of aromatic nitrogens is 1. The van der Waals surface area contributed by atoms with Crippen molar-refractivity contribution in [1.29, 1.82) is 0 Å². The first kappa shape index (κ1) is 22.0. The number of aryl methyl sites for hydroxylation is 2. The number of carbonyl (C=O) groups excluding carboxylic acids is 1. The van der Waals surface area contributed by atoms with Crippen LogP contribution in [0, 0.1) is 18.6 Å². The largest absolute Gasteiger partial charge is 0.322 e. The molecular formula is C28H25F2N3OS. The molecule has 35 heavy (non-hydrogen) atoms. The summed E-state index contributed by atoms with van der Waals surface area (Å²) in [5, 5.41) is 4.13. The number of thiophene rings is 1. The third kappa shape index (κ3) is 3.93. The van der Waals surface area contributed by atoms with Crippen LogP contribution in [0.15, 0.2) is 60.8 Å². The van der Waals surface area contributed by atoms with E-state index in [1.165, 1.54) is 29.0 Å². The fourth-order valence-corrected chi connectivity index (χ4v) is 6.79. The fraction of sp³-hybridized carbons (Fsp3) is 0.250. The zero-order valence-electron chi connectivity index (χ0n) is 19.4. The van der Waals surface area contributed by atoms with Crippen molar-refractivity contribution in [2.45, 2.75) is 45.2 Å². The van der Waals surface area contributed by atoms with Gasteiger partial charge in [-0.15, -0.1) is 11.3 Å². The van der Waals surface area contributed by atoms with Crippen LogP contribution in [0.1, 0.15) is 51.7 Å². The highest BCUT2D eigenvalue weighted by molar-refractivity contribution is 7.15. The van der Waals surface area contributed by atoms with Gasteiger partial charge in [0.15, 0.2) is 0 Å². The summed E-state index contributed by atoms with van der Waals surface area (Å²) in [6, 6.07) is 14.1. The van der Waals surface area contributed by atoms with Crippen LogP contribution in [0.3, 0.4) is 0 Å². The van der Waals surface area contributed by atoms with Gasteiger partial charge in [-0.3, -0.25) is 0 Å². The number of nitrogens with one attached hydrogen (secondary N) is 1. The zero-order valence-corrected chi connectivity index (χ0v) is 20.2. The van der Waals surface area contributed by atoms with E-state index in [4.69, 9.17) is 0 Å². The van der Waals surface area contributed by atoms with E-state index in [9.17, 15) is 13.6 Å². The Hall–Kier alpha value is -3.45. The summed E-state index contributed by atoms with van der Waals surface area (Å²) in [5.41, 5.74) is 5.41. The number of nitrogens with zero attached hydrogens (tertiary/aromatic N) is 2. The minimum atomic E-state index is -0.659. The SMILES string of the molecule is Cc1cccc(NC(=O)N2Cc3c(sc4c3CCCC4)-n3cccc3[C@@H]2c2cc(F)cc(F)c2)c1. The maximum Gasteiger partial charge on any atom is 0.322 e. The molecule has 0 saturated carbocycles. The van der Waals surface area contributed by atoms with Gasteiger partial charge in [0.2, 0.25) is 0 Å². The number of fused-ring (bicyclic) bond motifs is 5. The molecular weight excluding hydrogens is 464 g/mol. The molecule has 4 aromatic rings. The van der Waals surface area contributed by atoms with E-state index >= 15 is 0 Å². The molecule has 0 spiro atoms. The Labute approximate surface area is 206 Å². The summed E-state index contributed by atoms with van der Waals surface area (Å²) in [6.07, 6.45) is 6.33. The average molecular weight is 490 g/mol. The molecule has 2 aromatic heterocycles. The second-order valence-corrected chi connectivity index (χ2v) is 10.4. The number of urea groups is 1. The van der Waals surface area contributed by atoms with E-state index in [0.717, 1.165) is 47.2 Å². The van der Waals surface area contributed by atoms with E-state index in [0.29, 0.717) is 17.8 Å². The second kappa shape index (κ2) is 8.64. The highest BCUT2D eigenvalue weighted by Gasteiger charge is 2.36. The molecule has 0 unspecified atom stereocenters. The quantitative estimate of drug-likeness (QED) is 0.319. The predicted octanol–water partition coefficient (Wildman–Crippen LogP) is 7.14. The van der Waals surface area contributed by atoms with Crippen LogP contribution in [0.5, 0.6) is 0 Å². The van der Waals surface area contributed by atoms with Gasteiger partial charge in [-0.2, -0.15) is 0 Å². The summed E-state index contributed by atoms with van der Waals surface area (Å²) in [7, 11) is 0. The molecule has 1 N–H and O–H groups in total. The fourth-order valence-electron chi connectivity index (χ4n) is 5.39. The topological polar surface area (TPSA) is 37.3 Å². The van der Waals surface area contributed by atoms with E-state index in [-0.39, 0.29) is 6.03 Å². The molecule has 1 aliphatic carbocycles. The Morgan fingerprint density at radius 3 is 2.60 bits per heavy atom. The molecule has 0 saturated heterocycles. The van der Waals surface area contributed by atoms with Crippen molar-refractivity contribution in [1.82, 2.24) is 9.47 Å². The first-order valence-corrected chi connectivity index (χ1v) is 12.7. The van der Waals surface area contributed by atoms with Gasteiger partial charge in [-0.05, 0) is 85.7 Å². The van der Waals surface area contributed by atoms with E-state index in [1.807, 2.05) is 49.5 Å². The van der Waals surface area contributed by atoms with Crippen LogP contribution in [0.4, 0.5) is 19.3 Å². The number of rotatable bonds is 2. The molecule has 6 rings (SSSR count). The van der Waals surface area contributed by atoms with Gasteiger partial charge < -0.3 is 14.8 Å². The van der Waals surface area contributed by atoms with Crippen LogP contribution in [-0.2, 0) is 19.4 Å². The van der Waals surface area contributed by atoms with Gasteiger partial charge in [0, 0.05) is 28.4 Å². The third-order valence-corrected chi connectivity index (χ3v) is 8.24. The van der Waals surface area contributed by atoms with Crippen LogP contribution < -0.4 is 5.32 Å². The van der Waals surface area contributed by atoms with Crippen molar-refractivity contribution in [3.63, 3.8) is 0 Å². The lowest BCUT2D eigenvalue weighted by molar-refractivity contribution is 0.194. The molecule has 1 atom stereocenters. The molecule has 7 heteroatoms. The summed E-state index contributed by atoms with van der Waals surface area (Å²) >= 11 is 1.78. The Morgan fingerprint density at radius 2 is 1.80 bits per heavy atom.